The van der Waals surface area contributed by atoms with Crippen LogP contribution >= 0.6 is 0 Å². The Morgan fingerprint density at radius 1 is 1.32 bits per heavy atom. The van der Waals surface area contributed by atoms with E-state index < -0.39 is 0 Å². The molecule has 7 heteroatoms. The Morgan fingerprint density at radius 2 is 2.12 bits per heavy atom. The van der Waals surface area contributed by atoms with Gasteiger partial charge in [-0.05, 0) is 12.5 Å². The van der Waals surface area contributed by atoms with Gasteiger partial charge in [0, 0.05) is 43.8 Å². The number of hydrogen-bond donors (Lipinski definition) is 1. The van der Waals surface area contributed by atoms with E-state index in [-0.39, 0.29) is 23.9 Å². The molecule has 7 nitrogen and oxygen atoms in total. The zero-order valence-electron chi connectivity index (χ0n) is 14.0. The molecule has 0 bridgehead atoms. The van der Waals surface area contributed by atoms with Crippen LogP contribution in [0, 0.1) is 0 Å². The molecule has 3 aromatic rings. The molecule has 4 rings (SSSR count). The molecule has 1 unspecified atom stereocenters. The average Bonchev–Trinajstić information content (AvgIpc) is 3.07. The predicted octanol–water partition coefficient (Wildman–Crippen LogP) is 0.804. The normalized spacial score (nSPS) is 16.6. The lowest BCUT2D eigenvalue weighted by Gasteiger charge is -2.24. The van der Waals surface area contributed by atoms with Gasteiger partial charge in [-0.3, -0.25) is 9.59 Å². The second-order valence-electron chi connectivity index (χ2n) is 6.40. The van der Waals surface area contributed by atoms with Gasteiger partial charge in [0.1, 0.15) is 5.82 Å². The first kappa shape index (κ1) is 15.6. The summed E-state index contributed by atoms with van der Waals surface area (Å²) in [6, 6.07) is 7.37. The largest absolute Gasteiger partial charge is 0.351 e. The molecule has 25 heavy (non-hydrogen) atoms. The number of aryl methyl sites for hydroxylation is 2. The average molecular weight is 337 g/mol. The van der Waals surface area contributed by atoms with Crippen molar-refractivity contribution in [1.82, 2.24) is 24.6 Å². The molecule has 1 atom stereocenters. The molecule has 1 N–H and O–H groups in total. The molecule has 1 aliphatic heterocycles. The van der Waals surface area contributed by atoms with Crippen molar-refractivity contribution in [2.45, 2.75) is 31.8 Å². The van der Waals surface area contributed by atoms with E-state index in [2.05, 4.69) is 20.0 Å². The monoisotopic (exact) mass is 337 g/mol. The molecular formula is C18H19N5O2. The van der Waals surface area contributed by atoms with Gasteiger partial charge in [-0.1, -0.05) is 18.2 Å². The molecule has 0 saturated carbocycles. The summed E-state index contributed by atoms with van der Waals surface area (Å²) in [5.74, 6) is 0.987. The highest BCUT2D eigenvalue weighted by Gasteiger charge is 2.21. The summed E-state index contributed by atoms with van der Waals surface area (Å²) in [6.45, 7) is 0.739. The molecule has 0 fully saturated rings. The number of amides is 1. The highest BCUT2D eigenvalue weighted by Crippen LogP contribution is 2.15. The number of hydrogen-bond acceptors (Lipinski definition) is 4. The SMILES string of the molecule is Cn1nc(CC(=O)NC2CCc3nccn3C2)c2ccccc2c1=O. The van der Waals surface area contributed by atoms with Crippen molar-refractivity contribution in [2.75, 3.05) is 0 Å². The van der Waals surface area contributed by atoms with E-state index in [4.69, 9.17) is 0 Å². The first-order chi connectivity index (χ1) is 12.1. The van der Waals surface area contributed by atoms with E-state index in [1.54, 1.807) is 19.3 Å². The second kappa shape index (κ2) is 6.16. The molecule has 1 amide bonds. The van der Waals surface area contributed by atoms with E-state index in [1.807, 2.05) is 24.4 Å². The Hall–Kier alpha value is -2.96. The molecule has 0 saturated heterocycles. The summed E-state index contributed by atoms with van der Waals surface area (Å²) in [6.07, 6.45) is 5.63. The van der Waals surface area contributed by atoms with Gasteiger partial charge in [-0.2, -0.15) is 5.10 Å². The van der Waals surface area contributed by atoms with Crippen LogP contribution in [0.3, 0.4) is 0 Å². The van der Waals surface area contributed by atoms with E-state index in [0.29, 0.717) is 11.1 Å². The van der Waals surface area contributed by atoms with Crippen LogP contribution in [0.25, 0.3) is 10.8 Å². The summed E-state index contributed by atoms with van der Waals surface area (Å²) < 4.78 is 3.37. The van der Waals surface area contributed by atoms with Crippen LogP contribution in [0.2, 0.25) is 0 Å². The number of carbonyl (C=O) groups is 1. The highest BCUT2D eigenvalue weighted by molar-refractivity contribution is 5.88. The number of benzene rings is 1. The van der Waals surface area contributed by atoms with Gasteiger partial charge in [0.2, 0.25) is 5.91 Å². The summed E-state index contributed by atoms with van der Waals surface area (Å²) in [5, 5.41) is 8.70. The molecule has 1 aliphatic rings. The van der Waals surface area contributed by atoms with Crippen molar-refractivity contribution in [1.29, 1.82) is 0 Å². The minimum absolute atomic E-state index is 0.0788. The van der Waals surface area contributed by atoms with Crippen molar-refractivity contribution >= 4 is 16.7 Å². The minimum atomic E-state index is -0.153. The van der Waals surface area contributed by atoms with E-state index in [9.17, 15) is 9.59 Å². The third kappa shape index (κ3) is 2.93. The van der Waals surface area contributed by atoms with Crippen molar-refractivity contribution in [3.05, 3.63) is 58.5 Å². The summed E-state index contributed by atoms with van der Waals surface area (Å²) in [5.41, 5.74) is 0.467. The summed E-state index contributed by atoms with van der Waals surface area (Å²) in [4.78, 5) is 29.0. The maximum Gasteiger partial charge on any atom is 0.274 e. The van der Waals surface area contributed by atoms with Crippen LogP contribution in [0.1, 0.15) is 17.9 Å². The molecule has 0 spiro atoms. The number of aromatic nitrogens is 4. The van der Waals surface area contributed by atoms with Gasteiger partial charge < -0.3 is 9.88 Å². The van der Waals surface area contributed by atoms with Gasteiger partial charge in [-0.25, -0.2) is 9.67 Å². The van der Waals surface area contributed by atoms with Crippen LogP contribution in [0.15, 0.2) is 41.5 Å². The lowest BCUT2D eigenvalue weighted by molar-refractivity contribution is -0.121. The minimum Gasteiger partial charge on any atom is -0.351 e. The van der Waals surface area contributed by atoms with Crippen LogP contribution < -0.4 is 10.9 Å². The number of carbonyl (C=O) groups excluding carboxylic acids is 1. The molecule has 1 aromatic carbocycles. The predicted molar refractivity (Wildman–Crippen MR) is 93.2 cm³/mol. The molecule has 2 aromatic heterocycles. The lowest BCUT2D eigenvalue weighted by Crippen LogP contribution is -2.41. The number of rotatable bonds is 3. The van der Waals surface area contributed by atoms with Crippen molar-refractivity contribution in [3.8, 4) is 0 Å². The summed E-state index contributed by atoms with van der Waals surface area (Å²) in [7, 11) is 1.61. The number of nitrogens with zero attached hydrogens (tertiary/aromatic N) is 4. The van der Waals surface area contributed by atoms with Crippen molar-refractivity contribution < 1.29 is 4.79 Å². The topological polar surface area (TPSA) is 81.8 Å². The smallest absolute Gasteiger partial charge is 0.274 e. The fourth-order valence-corrected chi connectivity index (χ4v) is 3.42. The Bertz CT molecular complexity index is 1000. The summed E-state index contributed by atoms with van der Waals surface area (Å²) >= 11 is 0. The molecule has 0 aliphatic carbocycles. The fraction of sp³-hybridized carbons (Fsp3) is 0.333. The van der Waals surface area contributed by atoms with E-state index in [0.717, 1.165) is 30.6 Å². The van der Waals surface area contributed by atoms with E-state index >= 15 is 0 Å². The zero-order valence-corrected chi connectivity index (χ0v) is 14.0. The fourth-order valence-electron chi connectivity index (χ4n) is 3.42. The quantitative estimate of drug-likeness (QED) is 0.767. The standard InChI is InChI=1S/C18H19N5O2/c1-22-18(25)14-5-3-2-4-13(14)15(21-22)10-17(24)20-12-6-7-16-19-8-9-23(16)11-12/h2-5,8-9,12H,6-7,10-11H2,1H3,(H,20,24). The Morgan fingerprint density at radius 3 is 2.96 bits per heavy atom. The van der Waals surface area contributed by atoms with Gasteiger partial charge in [0.05, 0.1) is 17.5 Å². The number of nitrogens with one attached hydrogen (secondary N) is 1. The van der Waals surface area contributed by atoms with Crippen molar-refractivity contribution in [3.63, 3.8) is 0 Å². The zero-order chi connectivity index (χ0) is 17.4. The molecule has 0 radical (unpaired) electrons. The maximum absolute atomic E-state index is 12.5. The first-order valence-corrected chi connectivity index (χ1v) is 8.36. The molecular weight excluding hydrogens is 318 g/mol. The number of imidazole rings is 1. The first-order valence-electron chi connectivity index (χ1n) is 8.36. The Kier molecular flexibility index (Phi) is 3.83. The highest BCUT2D eigenvalue weighted by atomic mass is 16.2. The third-order valence-electron chi connectivity index (χ3n) is 4.66. The maximum atomic E-state index is 12.5. The van der Waals surface area contributed by atoms with Gasteiger partial charge in [0.25, 0.3) is 5.56 Å². The van der Waals surface area contributed by atoms with Crippen LogP contribution in [0.4, 0.5) is 0 Å². The van der Waals surface area contributed by atoms with E-state index in [1.165, 1.54) is 4.68 Å². The van der Waals surface area contributed by atoms with Gasteiger partial charge in [-0.15, -0.1) is 0 Å². The van der Waals surface area contributed by atoms with Crippen LogP contribution in [-0.4, -0.2) is 31.3 Å². The Balaban J connectivity index is 1.53. The molecule has 3 heterocycles. The lowest BCUT2D eigenvalue weighted by atomic mass is 10.1. The van der Waals surface area contributed by atoms with Gasteiger partial charge >= 0.3 is 0 Å². The van der Waals surface area contributed by atoms with Crippen LogP contribution in [-0.2, 0) is 31.2 Å². The second-order valence-corrected chi connectivity index (χ2v) is 6.40. The van der Waals surface area contributed by atoms with Gasteiger partial charge in [0.15, 0.2) is 0 Å². The van der Waals surface area contributed by atoms with Crippen molar-refractivity contribution in [2.24, 2.45) is 7.05 Å². The Labute approximate surface area is 144 Å². The number of fused-ring (bicyclic) bond motifs is 2. The molecule has 128 valence electrons. The van der Waals surface area contributed by atoms with Crippen LogP contribution in [0.5, 0.6) is 0 Å². The third-order valence-corrected chi connectivity index (χ3v) is 4.66.